The van der Waals surface area contributed by atoms with E-state index in [4.69, 9.17) is 4.74 Å². The van der Waals surface area contributed by atoms with Crippen molar-refractivity contribution in [1.82, 2.24) is 0 Å². The van der Waals surface area contributed by atoms with Gasteiger partial charge in [0.25, 0.3) is 5.91 Å². The van der Waals surface area contributed by atoms with Crippen LogP contribution in [0.25, 0.3) is 0 Å². The Morgan fingerprint density at radius 3 is 2.64 bits per heavy atom. The van der Waals surface area contributed by atoms with E-state index in [0.29, 0.717) is 0 Å². The number of alkyl halides is 2. The Labute approximate surface area is 79.5 Å². The molecule has 0 fully saturated rings. The van der Waals surface area contributed by atoms with Crippen LogP contribution in [0.4, 0.5) is 8.78 Å². The predicted octanol–water partition coefficient (Wildman–Crippen LogP) is 1.27. The Morgan fingerprint density at radius 2 is 2.14 bits per heavy atom. The van der Waals surface area contributed by atoms with Crippen molar-refractivity contribution in [2.45, 2.75) is 5.92 Å². The van der Waals surface area contributed by atoms with Crippen molar-refractivity contribution < 1.29 is 18.3 Å². The molecule has 0 saturated heterocycles. The van der Waals surface area contributed by atoms with Gasteiger partial charge in [-0.3, -0.25) is 4.79 Å². The fourth-order valence-electron chi connectivity index (χ4n) is 0.961. The van der Waals surface area contributed by atoms with Crippen molar-refractivity contribution >= 4 is 5.91 Å². The summed E-state index contributed by atoms with van der Waals surface area (Å²) in [7, 11) is 1.35. The third-order valence-corrected chi connectivity index (χ3v) is 1.74. The molecule has 14 heavy (non-hydrogen) atoms. The summed E-state index contributed by atoms with van der Waals surface area (Å²) in [5.41, 5.74) is 4.10. The van der Waals surface area contributed by atoms with Crippen LogP contribution in [0.15, 0.2) is 24.3 Å². The van der Waals surface area contributed by atoms with Gasteiger partial charge >= 0.3 is 5.92 Å². The number of halogens is 2. The molecule has 0 unspecified atom stereocenters. The molecule has 0 aliphatic carbocycles. The first-order valence-corrected chi connectivity index (χ1v) is 3.80. The van der Waals surface area contributed by atoms with Gasteiger partial charge in [0.15, 0.2) is 0 Å². The fourth-order valence-corrected chi connectivity index (χ4v) is 0.961. The summed E-state index contributed by atoms with van der Waals surface area (Å²) in [6, 6.07) is 5.06. The lowest BCUT2D eigenvalue weighted by molar-refractivity contribution is -0.143. The fraction of sp³-hybridized carbons (Fsp3) is 0.222. The van der Waals surface area contributed by atoms with Crippen molar-refractivity contribution in [2.24, 2.45) is 5.73 Å². The third-order valence-electron chi connectivity index (χ3n) is 1.74. The van der Waals surface area contributed by atoms with Crippen molar-refractivity contribution in [3.63, 3.8) is 0 Å². The van der Waals surface area contributed by atoms with Crippen LogP contribution in [0.1, 0.15) is 5.56 Å². The summed E-state index contributed by atoms with van der Waals surface area (Å²) < 4.78 is 30.9. The number of nitrogens with two attached hydrogens (primary N) is 1. The number of hydrogen-bond acceptors (Lipinski definition) is 2. The van der Waals surface area contributed by atoms with Gasteiger partial charge in [-0.15, -0.1) is 0 Å². The van der Waals surface area contributed by atoms with Crippen LogP contribution < -0.4 is 10.5 Å². The molecule has 5 heteroatoms. The second kappa shape index (κ2) is 3.61. The summed E-state index contributed by atoms with van der Waals surface area (Å²) in [6.07, 6.45) is 0. The van der Waals surface area contributed by atoms with Gasteiger partial charge in [0.2, 0.25) is 0 Å². The van der Waals surface area contributed by atoms with Crippen molar-refractivity contribution in [3.05, 3.63) is 29.8 Å². The highest BCUT2D eigenvalue weighted by Gasteiger charge is 2.38. The SMILES string of the molecule is COc1cccc(C(F)(F)C(N)=O)c1. The molecule has 0 spiro atoms. The lowest BCUT2D eigenvalue weighted by Crippen LogP contribution is -2.32. The van der Waals surface area contributed by atoms with Gasteiger partial charge in [-0.25, -0.2) is 0 Å². The molecular weight excluding hydrogens is 192 g/mol. The van der Waals surface area contributed by atoms with E-state index in [1.165, 1.54) is 19.2 Å². The highest BCUT2D eigenvalue weighted by atomic mass is 19.3. The Morgan fingerprint density at radius 1 is 1.50 bits per heavy atom. The van der Waals surface area contributed by atoms with E-state index in [1.54, 1.807) is 0 Å². The lowest BCUT2D eigenvalue weighted by Gasteiger charge is -2.12. The zero-order chi connectivity index (χ0) is 10.8. The predicted molar refractivity (Wildman–Crippen MR) is 46.1 cm³/mol. The van der Waals surface area contributed by atoms with E-state index in [2.05, 4.69) is 5.73 Å². The van der Waals surface area contributed by atoms with Crippen LogP contribution in [0, 0.1) is 0 Å². The van der Waals surface area contributed by atoms with Crippen molar-refractivity contribution in [1.29, 1.82) is 0 Å². The van der Waals surface area contributed by atoms with Crippen LogP contribution >= 0.6 is 0 Å². The van der Waals surface area contributed by atoms with E-state index in [-0.39, 0.29) is 5.75 Å². The zero-order valence-electron chi connectivity index (χ0n) is 7.46. The smallest absolute Gasteiger partial charge is 0.349 e. The normalized spacial score (nSPS) is 11.1. The number of primary amides is 1. The van der Waals surface area contributed by atoms with Crippen LogP contribution in [0.3, 0.4) is 0 Å². The van der Waals surface area contributed by atoms with Crippen molar-refractivity contribution in [3.8, 4) is 5.75 Å². The quantitative estimate of drug-likeness (QED) is 0.800. The first-order valence-electron chi connectivity index (χ1n) is 3.80. The molecule has 2 N–H and O–H groups in total. The summed E-state index contributed by atoms with van der Waals surface area (Å²) >= 11 is 0. The van der Waals surface area contributed by atoms with E-state index in [1.807, 2.05) is 0 Å². The molecule has 0 aromatic heterocycles. The largest absolute Gasteiger partial charge is 0.497 e. The molecule has 1 aromatic rings. The average Bonchev–Trinajstić information content (AvgIpc) is 2.17. The first kappa shape index (κ1) is 10.4. The number of rotatable bonds is 3. The molecule has 1 rings (SSSR count). The maximum Gasteiger partial charge on any atom is 0.349 e. The Kier molecular flexibility index (Phi) is 2.69. The first-order chi connectivity index (χ1) is 6.48. The number of carbonyl (C=O) groups is 1. The van der Waals surface area contributed by atoms with Gasteiger partial charge < -0.3 is 10.5 Å². The number of carbonyl (C=O) groups excluding carboxylic acids is 1. The monoisotopic (exact) mass is 201 g/mol. The molecule has 1 aromatic carbocycles. The minimum absolute atomic E-state index is 0.253. The molecule has 0 radical (unpaired) electrons. The van der Waals surface area contributed by atoms with Gasteiger partial charge in [-0.1, -0.05) is 12.1 Å². The van der Waals surface area contributed by atoms with Gasteiger partial charge in [0, 0.05) is 5.56 Å². The molecular formula is C9H9F2NO2. The van der Waals surface area contributed by atoms with Gasteiger partial charge in [0.1, 0.15) is 5.75 Å². The molecule has 0 atom stereocenters. The third kappa shape index (κ3) is 1.81. The average molecular weight is 201 g/mol. The number of hydrogen-bond donors (Lipinski definition) is 1. The van der Waals surface area contributed by atoms with Crippen LogP contribution in [-0.2, 0) is 10.7 Å². The molecule has 0 bridgehead atoms. The molecule has 0 aliphatic rings. The highest BCUT2D eigenvalue weighted by molar-refractivity contribution is 5.83. The minimum atomic E-state index is -3.66. The van der Waals surface area contributed by atoms with E-state index >= 15 is 0 Å². The number of amides is 1. The summed E-state index contributed by atoms with van der Waals surface area (Å²) in [5, 5.41) is 0. The van der Waals surface area contributed by atoms with Crippen LogP contribution in [0.5, 0.6) is 5.75 Å². The van der Waals surface area contributed by atoms with E-state index in [0.717, 1.165) is 12.1 Å². The zero-order valence-corrected chi connectivity index (χ0v) is 7.46. The van der Waals surface area contributed by atoms with Gasteiger partial charge in [0.05, 0.1) is 7.11 Å². The second-order valence-electron chi connectivity index (χ2n) is 2.67. The van der Waals surface area contributed by atoms with Crippen LogP contribution in [0.2, 0.25) is 0 Å². The Hall–Kier alpha value is -1.65. The molecule has 76 valence electrons. The second-order valence-corrected chi connectivity index (χ2v) is 2.67. The summed E-state index contributed by atoms with van der Waals surface area (Å²) in [5.74, 6) is -5.08. The standard InChI is InChI=1S/C9H9F2NO2/c1-14-7-4-2-3-6(5-7)9(10,11)8(12)13/h2-5H,1H3,(H2,12,13). The maximum atomic E-state index is 13.1. The van der Waals surface area contributed by atoms with Crippen molar-refractivity contribution in [2.75, 3.05) is 7.11 Å². The molecule has 0 aliphatic heterocycles. The summed E-state index contributed by atoms with van der Waals surface area (Å²) in [6.45, 7) is 0. The molecule has 0 heterocycles. The van der Waals surface area contributed by atoms with Crippen LogP contribution in [-0.4, -0.2) is 13.0 Å². The Bertz CT molecular complexity index is 352. The number of methoxy groups -OCH3 is 1. The number of ether oxygens (including phenoxy) is 1. The summed E-state index contributed by atoms with van der Waals surface area (Å²) in [4.78, 5) is 10.5. The highest BCUT2D eigenvalue weighted by Crippen LogP contribution is 2.29. The maximum absolute atomic E-state index is 13.1. The topological polar surface area (TPSA) is 52.3 Å². The number of benzene rings is 1. The van der Waals surface area contributed by atoms with E-state index < -0.39 is 17.4 Å². The lowest BCUT2D eigenvalue weighted by atomic mass is 10.1. The van der Waals surface area contributed by atoms with Gasteiger partial charge in [-0.05, 0) is 12.1 Å². The molecule has 0 saturated carbocycles. The molecule has 1 amide bonds. The van der Waals surface area contributed by atoms with E-state index in [9.17, 15) is 13.6 Å². The molecule has 3 nitrogen and oxygen atoms in total. The van der Waals surface area contributed by atoms with Gasteiger partial charge in [-0.2, -0.15) is 8.78 Å². The minimum Gasteiger partial charge on any atom is -0.497 e. The Balaban J connectivity index is 3.12.